The smallest absolute Gasteiger partial charge is 0.138 e. The summed E-state index contributed by atoms with van der Waals surface area (Å²) in [6, 6.07) is 4.62. The predicted octanol–water partition coefficient (Wildman–Crippen LogP) is 2.16. The summed E-state index contributed by atoms with van der Waals surface area (Å²) in [6.07, 6.45) is 5.11. The molecule has 4 heterocycles. The van der Waals surface area contributed by atoms with Gasteiger partial charge in [-0.15, -0.1) is 0 Å². The molecule has 0 aliphatic carbocycles. The molecule has 2 aromatic rings. The van der Waals surface area contributed by atoms with E-state index in [1.165, 1.54) is 5.56 Å². The van der Waals surface area contributed by atoms with E-state index in [1.54, 1.807) is 6.20 Å². The summed E-state index contributed by atoms with van der Waals surface area (Å²) in [7, 11) is 0. The molecule has 0 spiro atoms. The summed E-state index contributed by atoms with van der Waals surface area (Å²) in [5.74, 6) is 0.948. The third-order valence-corrected chi connectivity index (χ3v) is 5.43. The molecule has 2 saturated heterocycles. The SMILES string of the molecule is Cc1noc(C)c1CN1CCN2C[C@H](OCc3cccnc3)C[C@H]2C1. The number of nitrogens with zero attached hydrogens (tertiary/aromatic N) is 4. The second-order valence-corrected chi connectivity index (χ2v) is 7.22. The predicted molar refractivity (Wildman–Crippen MR) is 94.0 cm³/mol. The molecule has 0 unspecified atom stereocenters. The maximum Gasteiger partial charge on any atom is 0.138 e. The van der Waals surface area contributed by atoms with E-state index < -0.39 is 0 Å². The zero-order chi connectivity index (χ0) is 17.2. The zero-order valence-electron chi connectivity index (χ0n) is 15.0. The van der Waals surface area contributed by atoms with Gasteiger partial charge in [0.1, 0.15) is 5.76 Å². The van der Waals surface area contributed by atoms with Gasteiger partial charge < -0.3 is 9.26 Å². The highest BCUT2D eigenvalue weighted by molar-refractivity contribution is 5.20. The van der Waals surface area contributed by atoms with E-state index in [1.807, 2.05) is 26.1 Å². The van der Waals surface area contributed by atoms with Crippen molar-refractivity contribution in [1.82, 2.24) is 19.9 Å². The Bertz CT molecular complexity index is 683. The Kier molecular flexibility index (Phi) is 4.83. The molecule has 2 aromatic heterocycles. The van der Waals surface area contributed by atoms with Crippen molar-refractivity contribution in [2.45, 2.75) is 45.6 Å². The summed E-state index contributed by atoms with van der Waals surface area (Å²) < 4.78 is 11.4. The van der Waals surface area contributed by atoms with E-state index >= 15 is 0 Å². The Labute approximate surface area is 148 Å². The lowest BCUT2D eigenvalue weighted by Crippen LogP contribution is -2.49. The average Bonchev–Trinajstić information content (AvgIpc) is 3.18. The number of aryl methyl sites for hydroxylation is 2. The van der Waals surface area contributed by atoms with E-state index in [9.17, 15) is 0 Å². The number of aromatic nitrogens is 2. The number of ether oxygens (including phenoxy) is 1. The summed E-state index contributed by atoms with van der Waals surface area (Å²) in [5.41, 5.74) is 3.41. The minimum absolute atomic E-state index is 0.323. The van der Waals surface area contributed by atoms with Crippen LogP contribution in [0.25, 0.3) is 0 Å². The molecule has 0 amide bonds. The number of piperazine rings is 1. The van der Waals surface area contributed by atoms with Crippen molar-refractivity contribution < 1.29 is 9.26 Å². The Morgan fingerprint density at radius 1 is 1.28 bits per heavy atom. The summed E-state index contributed by atoms with van der Waals surface area (Å²) in [4.78, 5) is 9.26. The monoisotopic (exact) mass is 342 g/mol. The van der Waals surface area contributed by atoms with Gasteiger partial charge >= 0.3 is 0 Å². The normalized spacial score (nSPS) is 24.6. The van der Waals surface area contributed by atoms with Crippen LogP contribution in [0.4, 0.5) is 0 Å². The first-order valence-corrected chi connectivity index (χ1v) is 9.07. The lowest BCUT2D eigenvalue weighted by molar-refractivity contribution is 0.0457. The topological polar surface area (TPSA) is 54.6 Å². The quantitative estimate of drug-likeness (QED) is 0.830. The van der Waals surface area contributed by atoms with Gasteiger partial charge in [0.25, 0.3) is 0 Å². The molecule has 0 saturated carbocycles. The van der Waals surface area contributed by atoms with Gasteiger partial charge in [-0.05, 0) is 31.9 Å². The van der Waals surface area contributed by atoms with Gasteiger partial charge in [0.15, 0.2) is 0 Å². The standard InChI is InChI=1S/C19H26N4O2/c1-14-19(15(2)25-21-14)12-22-6-7-23-11-18(8-17(23)10-22)24-13-16-4-3-5-20-9-16/h3-5,9,17-18H,6-8,10-13H2,1-2H3/t17-,18+/m0/s1. The highest BCUT2D eigenvalue weighted by Crippen LogP contribution is 2.26. The van der Waals surface area contributed by atoms with Crippen molar-refractivity contribution in [3.8, 4) is 0 Å². The van der Waals surface area contributed by atoms with Crippen molar-refractivity contribution in [2.75, 3.05) is 26.2 Å². The van der Waals surface area contributed by atoms with E-state index in [2.05, 4.69) is 26.0 Å². The van der Waals surface area contributed by atoms with Crippen molar-refractivity contribution >= 4 is 0 Å². The van der Waals surface area contributed by atoms with Crippen molar-refractivity contribution in [3.05, 3.63) is 47.1 Å². The molecule has 2 aliphatic heterocycles. The highest BCUT2D eigenvalue weighted by atomic mass is 16.5. The molecule has 2 aliphatic rings. The first kappa shape index (κ1) is 16.7. The minimum Gasteiger partial charge on any atom is -0.372 e. The summed E-state index contributed by atoms with van der Waals surface area (Å²) in [5, 5.41) is 4.08. The van der Waals surface area contributed by atoms with Gasteiger partial charge in [-0.2, -0.15) is 0 Å². The Morgan fingerprint density at radius 3 is 2.96 bits per heavy atom. The third-order valence-electron chi connectivity index (χ3n) is 5.43. The number of fused-ring (bicyclic) bond motifs is 1. The summed E-state index contributed by atoms with van der Waals surface area (Å²) in [6.45, 7) is 9.97. The Hall–Kier alpha value is -1.76. The number of rotatable bonds is 5. The lowest BCUT2D eigenvalue weighted by Gasteiger charge is -2.37. The second kappa shape index (κ2) is 7.23. The molecular formula is C19H26N4O2. The fourth-order valence-electron chi connectivity index (χ4n) is 3.97. The zero-order valence-corrected chi connectivity index (χ0v) is 15.0. The molecule has 0 N–H and O–H groups in total. The molecule has 6 nitrogen and oxygen atoms in total. The van der Waals surface area contributed by atoms with Crippen LogP contribution in [-0.2, 0) is 17.9 Å². The van der Waals surface area contributed by atoms with E-state index in [0.717, 1.165) is 56.2 Å². The molecule has 0 bridgehead atoms. The van der Waals surface area contributed by atoms with Gasteiger partial charge in [0.2, 0.25) is 0 Å². The van der Waals surface area contributed by atoms with E-state index in [4.69, 9.17) is 9.26 Å². The van der Waals surface area contributed by atoms with Crippen molar-refractivity contribution in [1.29, 1.82) is 0 Å². The maximum atomic E-state index is 6.14. The molecule has 2 atom stereocenters. The molecule has 25 heavy (non-hydrogen) atoms. The summed E-state index contributed by atoms with van der Waals surface area (Å²) >= 11 is 0. The molecule has 6 heteroatoms. The van der Waals surface area contributed by atoms with Gasteiger partial charge in [-0.1, -0.05) is 11.2 Å². The van der Waals surface area contributed by atoms with Gasteiger partial charge in [0, 0.05) is 56.7 Å². The fourth-order valence-corrected chi connectivity index (χ4v) is 3.97. The highest BCUT2D eigenvalue weighted by Gasteiger charge is 2.36. The van der Waals surface area contributed by atoms with Crippen molar-refractivity contribution in [3.63, 3.8) is 0 Å². The van der Waals surface area contributed by atoms with Crippen LogP contribution in [0.1, 0.15) is 29.0 Å². The van der Waals surface area contributed by atoms with Crippen LogP contribution in [0.2, 0.25) is 0 Å². The van der Waals surface area contributed by atoms with E-state index in [-0.39, 0.29) is 0 Å². The fraction of sp³-hybridized carbons (Fsp3) is 0.579. The van der Waals surface area contributed by atoms with Gasteiger partial charge in [-0.3, -0.25) is 14.8 Å². The van der Waals surface area contributed by atoms with Crippen LogP contribution in [0.15, 0.2) is 29.0 Å². The largest absolute Gasteiger partial charge is 0.372 e. The molecule has 134 valence electrons. The van der Waals surface area contributed by atoms with Crippen molar-refractivity contribution in [2.24, 2.45) is 0 Å². The molecule has 4 rings (SSSR count). The Balaban J connectivity index is 1.30. The Morgan fingerprint density at radius 2 is 2.20 bits per heavy atom. The van der Waals surface area contributed by atoms with E-state index in [0.29, 0.717) is 18.8 Å². The van der Waals surface area contributed by atoms with Crippen LogP contribution in [-0.4, -0.2) is 58.3 Å². The molecule has 0 radical (unpaired) electrons. The maximum absolute atomic E-state index is 6.14. The van der Waals surface area contributed by atoms with Gasteiger partial charge in [0.05, 0.1) is 18.4 Å². The van der Waals surface area contributed by atoms with Gasteiger partial charge in [-0.25, -0.2) is 0 Å². The average molecular weight is 342 g/mol. The lowest BCUT2D eigenvalue weighted by atomic mass is 10.1. The van der Waals surface area contributed by atoms with Crippen LogP contribution < -0.4 is 0 Å². The molecular weight excluding hydrogens is 316 g/mol. The minimum atomic E-state index is 0.323. The van der Waals surface area contributed by atoms with Crippen LogP contribution in [0, 0.1) is 13.8 Å². The molecule has 0 aromatic carbocycles. The first-order chi connectivity index (χ1) is 12.2. The van der Waals surface area contributed by atoms with Crippen LogP contribution in [0.5, 0.6) is 0 Å². The second-order valence-electron chi connectivity index (χ2n) is 7.22. The number of pyridine rings is 1. The van der Waals surface area contributed by atoms with Crippen LogP contribution in [0.3, 0.4) is 0 Å². The number of hydrogen-bond acceptors (Lipinski definition) is 6. The van der Waals surface area contributed by atoms with Crippen LogP contribution >= 0.6 is 0 Å². The number of hydrogen-bond donors (Lipinski definition) is 0. The first-order valence-electron chi connectivity index (χ1n) is 9.07. The third kappa shape index (κ3) is 3.76. The molecule has 2 fully saturated rings.